The normalized spacial score (nSPS) is 16.1. The van der Waals surface area contributed by atoms with E-state index in [2.05, 4.69) is 0 Å². The SMILES string of the molecule is COCCOCC(=O)N1CCN(C(C)=O)CC1. The molecule has 1 rings (SSSR count). The average Bonchev–Trinajstić information content (AvgIpc) is 2.34. The van der Waals surface area contributed by atoms with Crippen LogP contribution in [0.25, 0.3) is 0 Å². The van der Waals surface area contributed by atoms with Gasteiger partial charge in [-0.1, -0.05) is 0 Å². The molecule has 0 saturated carbocycles. The fraction of sp³-hybridized carbons (Fsp3) is 0.818. The van der Waals surface area contributed by atoms with E-state index < -0.39 is 0 Å². The molecule has 2 amide bonds. The lowest BCUT2D eigenvalue weighted by Crippen LogP contribution is -2.50. The number of carbonyl (C=O) groups excluding carboxylic acids is 2. The summed E-state index contributed by atoms with van der Waals surface area (Å²) < 4.78 is 9.98. The fourth-order valence-electron chi connectivity index (χ4n) is 1.66. The molecular formula is C11H20N2O4. The van der Waals surface area contributed by atoms with Gasteiger partial charge in [-0.2, -0.15) is 0 Å². The van der Waals surface area contributed by atoms with E-state index in [1.807, 2.05) is 0 Å². The molecule has 1 fully saturated rings. The van der Waals surface area contributed by atoms with E-state index in [0.717, 1.165) is 0 Å². The van der Waals surface area contributed by atoms with Crippen LogP contribution in [0.4, 0.5) is 0 Å². The molecule has 0 aliphatic carbocycles. The second-order valence-corrected chi connectivity index (χ2v) is 3.93. The van der Waals surface area contributed by atoms with Gasteiger partial charge in [-0.15, -0.1) is 0 Å². The van der Waals surface area contributed by atoms with Gasteiger partial charge in [-0.3, -0.25) is 9.59 Å². The van der Waals surface area contributed by atoms with Gasteiger partial charge in [0.1, 0.15) is 6.61 Å². The third kappa shape index (κ3) is 4.70. The molecule has 0 bridgehead atoms. The van der Waals surface area contributed by atoms with E-state index in [-0.39, 0.29) is 18.4 Å². The van der Waals surface area contributed by atoms with Crippen LogP contribution < -0.4 is 0 Å². The molecule has 0 N–H and O–H groups in total. The molecule has 0 spiro atoms. The van der Waals surface area contributed by atoms with Crippen LogP contribution in [-0.4, -0.2) is 74.7 Å². The number of carbonyl (C=O) groups is 2. The summed E-state index contributed by atoms with van der Waals surface area (Å²) in [4.78, 5) is 26.3. The Kier molecular flexibility index (Phi) is 5.93. The van der Waals surface area contributed by atoms with Crippen LogP contribution in [0.15, 0.2) is 0 Å². The van der Waals surface area contributed by atoms with Gasteiger partial charge in [0.15, 0.2) is 0 Å². The predicted molar refractivity (Wildman–Crippen MR) is 61.5 cm³/mol. The van der Waals surface area contributed by atoms with E-state index in [1.165, 1.54) is 0 Å². The largest absolute Gasteiger partial charge is 0.382 e. The summed E-state index contributed by atoms with van der Waals surface area (Å²) in [6, 6.07) is 0. The number of amides is 2. The quantitative estimate of drug-likeness (QED) is 0.602. The number of piperazine rings is 1. The zero-order valence-corrected chi connectivity index (χ0v) is 10.5. The van der Waals surface area contributed by atoms with Crippen LogP contribution in [0.2, 0.25) is 0 Å². The van der Waals surface area contributed by atoms with Crippen LogP contribution in [0.1, 0.15) is 6.92 Å². The van der Waals surface area contributed by atoms with E-state index in [1.54, 1.807) is 23.8 Å². The Balaban J connectivity index is 2.19. The van der Waals surface area contributed by atoms with Crippen molar-refractivity contribution in [2.24, 2.45) is 0 Å². The summed E-state index contributed by atoms with van der Waals surface area (Å²) in [5, 5.41) is 0. The average molecular weight is 244 g/mol. The predicted octanol–water partition coefficient (Wildman–Crippen LogP) is -0.660. The lowest BCUT2D eigenvalue weighted by molar-refractivity contribution is -0.142. The number of methoxy groups -OCH3 is 1. The van der Waals surface area contributed by atoms with Crippen LogP contribution in [-0.2, 0) is 19.1 Å². The molecule has 17 heavy (non-hydrogen) atoms. The second-order valence-electron chi connectivity index (χ2n) is 3.93. The van der Waals surface area contributed by atoms with Crippen molar-refractivity contribution in [3.63, 3.8) is 0 Å². The lowest BCUT2D eigenvalue weighted by atomic mass is 10.3. The van der Waals surface area contributed by atoms with Crippen molar-refractivity contribution in [2.45, 2.75) is 6.92 Å². The molecule has 6 heteroatoms. The Morgan fingerprint density at radius 3 is 2.18 bits per heavy atom. The van der Waals surface area contributed by atoms with Crippen LogP contribution >= 0.6 is 0 Å². The number of ether oxygens (including phenoxy) is 2. The van der Waals surface area contributed by atoms with Crippen molar-refractivity contribution < 1.29 is 19.1 Å². The Morgan fingerprint density at radius 2 is 1.65 bits per heavy atom. The molecular weight excluding hydrogens is 224 g/mol. The highest BCUT2D eigenvalue weighted by molar-refractivity contribution is 5.78. The maximum absolute atomic E-state index is 11.7. The highest BCUT2D eigenvalue weighted by Crippen LogP contribution is 2.02. The fourth-order valence-corrected chi connectivity index (χ4v) is 1.66. The van der Waals surface area contributed by atoms with E-state index in [9.17, 15) is 9.59 Å². The maximum Gasteiger partial charge on any atom is 0.248 e. The third-order valence-corrected chi connectivity index (χ3v) is 2.74. The topological polar surface area (TPSA) is 59.1 Å². The molecule has 0 aromatic carbocycles. The van der Waals surface area contributed by atoms with Crippen LogP contribution in [0.3, 0.4) is 0 Å². The minimum absolute atomic E-state index is 0.0238. The zero-order chi connectivity index (χ0) is 12.7. The van der Waals surface area contributed by atoms with Gasteiger partial charge in [0.05, 0.1) is 13.2 Å². The molecule has 0 radical (unpaired) electrons. The van der Waals surface area contributed by atoms with E-state index >= 15 is 0 Å². The minimum Gasteiger partial charge on any atom is -0.382 e. The van der Waals surface area contributed by atoms with Crippen molar-refractivity contribution in [1.29, 1.82) is 0 Å². The Morgan fingerprint density at radius 1 is 1.06 bits per heavy atom. The lowest BCUT2D eigenvalue weighted by Gasteiger charge is -2.34. The molecule has 0 atom stereocenters. The summed E-state index contributed by atoms with van der Waals surface area (Å²) in [7, 11) is 1.59. The Labute approximate surface area is 101 Å². The van der Waals surface area contributed by atoms with Gasteiger partial charge in [0.25, 0.3) is 0 Å². The number of rotatable bonds is 5. The first kappa shape index (κ1) is 13.9. The molecule has 0 aromatic rings. The summed E-state index contributed by atoms with van der Waals surface area (Å²) in [5.41, 5.74) is 0. The first-order valence-electron chi connectivity index (χ1n) is 5.75. The molecule has 1 aliphatic heterocycles. The summed E-state index contributed by atoms with van der Waals surface area (Å²) in [6.07, 6.45) is 0. The summed E-state index contributed by atoms with van der Waals surface area (Å²) >= 11 is 0. The van der Waals surface area contributed by atoms with E-state index in [4.69, 9.17) is 9.47 Å². The van der Waals surface area contributed by atoms with Gasteiger partial charge >= 0.3 is 0 Å². The summed E-state index contributed by atoms with van der Waals surface area (Å²) in [6.45, 7) is 4.95. The second kappa shape index (κ2) is 7.24. The van der Waals surface area contributed by atoms with Crippen molar-refractivity contribution in [3.05, 3.63) is 0 Å². The van der Waals surface area contributed by atoms with Crippen LogP contribution in [0, 0.1) is 0 Å². The number of nitrogens with zero attached hydrogens (tertiary/aromatic N) is 2. The van der Waals surface area contributed by atoms with Gasteiger partial charge < -0.3 is 19.3 Å². The first-order chi connectivity index (χ1) is 8.15. The zero-order valence-electron chi connectivity index (χ0n) is 10.5. The van der Waals surface area contributed by atoms with Crippen molar-refractivity contribution in [3.8, 4) is 0 Å². The standard InChI is InChI=1S/C11H20N2O4/c1-10(14)12-3-5-13(6-4-12)11(15)9-17-8-7-16-2/h3-9H2,1-2H3. The Bertz CT molecular complexity index is 262. The van der Waals surface area contributed by atoms with Crippen molar-refractivity contribution in [1.82, 2.24) is 9.80 Å². The highest BCUT2D eigenvalue weighted by Gasteiger charge is 2.21. The third-order valence-electron chi connectivity index (χ3n) is 2.74. The molecule has 6 nitrogen and oxygen atoms in total. The van der Waals surface area contributed by atoms with Crippen molar-refractivity contribution in [2.75, 3.05) is 53.1 Å². The Hall–Kier alpha value is -1.14. The minimum atomic E-state index is -0.0238. The maximum atomic E-state index is 11.7. The van der Waals surface area contributed by atoms with Gasteiger partial charge in [0, 0.05) is 40.2 Å². The molecule has 1 aliphatic rings. The molecule has 1 saturated heterocycles. The first-order valence-corrected chi connectivity index (χ1v) is 5.75. The molecule has 1 heterocycles. The number of hydrogen-bond donors (Lipinski definition) is 0. The summed E-state index contributed by atoms with van der Waals surface area (Å²) in [5.74, 6) is 0.0396. The van der Waals surface area contributed by atoms with Gasteiger partial charge in [0.2, 0.25) is 11.8 Å². The van der Waals surface area contributed by atoms with Crippen LogP contribution in [0.5, 0.6) is 0 Å². The molecule has 0 aromatic heterocycles. The van der Waals surface area contributed by atoms with E-state index in [0.29, 0.717) is 39.4 Å². The smallest absolute Gasteiger partial charge is 0.248 e. The monoisotopic (exact) mass is 244 g/mol. The van der Waals surface area contributed by atoms with Gasteiger partial charge in [-0.25, -0.2) is 0 Å². The molecule has 0 unspecified atom stereocenters. The number of hydrogen-bond acceptors (Lipinski definition) is 4. The highest BCUT2D eigenvalue weighted by atomic mass is 16.5. The molecule has 98 valence electrons. The van der Waals surface area contributed by atoms with Crippen molar-refractivity contribution >= 4 is 11.8 Å². The van der Waals surface area contributed by atoms with Gasteiger partial charge in [-0.05, 0) is 0 Å².